The summed E-state index contributed by atoms with van der Waals surface area (Å²) in [5.41, 5.74) is -6.94. The van der Waals surface area contributed by atoms with Crippen LogP contribution in [0.15, 0.2) is 0 Å². The van der Waals surface area contributed by atoms with Crippen LogP contribution in [0.1, 0.15) is 27.7 Å². The Labute approximate surface area is 184 Å². The monoisotopic (exact) mass is 560 g/mol. The van der Waals surface area contributed by atoms with Crippen molar-refractivity contribution in [3.63, 3.8) is 0 Å². The summed E-state index contributed by atoms with van der Waals surface area (Å²) in [5.74, 6) is 1.98. The standard InChI is InChI=1S/2C4H9O2PS2.3Zn/c2*1-4(2)3-9-7(5,6)8;;;/h2*4H,3H2,1-2H3;;;/q2*-2;3*+2. The van der Waals surface area contributed by atoms with Gasteiger partial charge in [-0.3, -0.25) is 0 Å². The molecule has 0 aliphatic rings. The van der Waals surface area contributed by atoms with Gasteiger partial charge in [-0.15, -0.1) is 0 Å². The molecule has 0 fully saturated rings. The van der Waals surface area contributed by atoms with Crippen LogP contribution in [0.2, 0.25) is 0 Å². The molecule has 0 aromatic rings. The fourth-order valence-electron chi connectivity index (χ4n) is 0.481. The number of rotatable bonds is 4. The average molecular weight is 565 g/mol. The Kier molecular flexibility index (Phi) is 31.5. The largest absolute Gasteiger partial charge is 2.00 e. The van der Waals surface area contributed by atoms with Crippen LogP contribution in [0, 0.1) is 11.8 Å². The van der Waals surface area contributed by atoms with Gasteiger partial charge in [0.15, 0.2) is 11.5 Å². The molecule has 0 rings (SSSR count). The minimum atomic E-state index is -3.47. The van der Waals surface area contributed by atoms with Crippen LogP contribution in [0.4, 0.5) is 0 Å². The second kappa shape index (κ2) is 18.5. The number of hydrogen-bond acceptors (Lipinski definition) is 6. The van der Waals surface area contributed by atoms with E-state index >= 15 is 0 Å². The van der Waals surface area contributed by atoms with Gasteiger partial charge in [-0.1, -0.05) is 27.7 Å². The van der Waals surface area contributed by atoms with E-state index in [2.05, 4.69) is 24.5 Å². The van der Waals surface area contributed by atoms with E-state index in [4.69, 9.17) is 0 Å². The van der Waals surface area contributed by atoms with Gasteiger partial charge in [-0.05, 0) is 0 Å². The quantitative estimate of drug-likeness (QED) is 0.195. The van der Waals surface area contributed by atoms with Gasteiger partial charge in [-0.2, -0.15) is 11.4 Å². The average Bonchev–Trinajstić information content (AvgIpc) is 2.10. The summed E-state index contributed by atoms with van der Waals surface area (Å²) in [6, 6.07) is 0. The number of hydrogen-bond donors (Lipinski definition) is 0. The van der Waals surface area contributed by atoms with Crippen molar-refractivity contribution < 1.29 is 78.0 Å². The Balaban J connectivity index is -0.0000000711. The van der Waals surface area contributed by atoms with Crippen LogP contribution in [0.5, 0.6) is 0 Å². The molecular weight excluding hydrogens is 546 g/mol. The summed E-state index contributed by atoms with van der Waals surface area (Å²) in [7, 11) is 1.71. The minimum Gasteiger partial charge on any atom is -0.816 e. The molecule has 0 spiro atoms. The molecule has 0 unspecified atom stereocenters. The molecule has 0 aromatic heterocycles. The maximum absolute atomic E-state index is 10.3. The van der Waals surface area contributed by atoms with E-state index in [1.165, 1.54) is 0 Å². The summed E-state index contributed by atoms with van der Waals surface area (Å²) in [4.78, 5) is 41.4. The minimum absolute atomic E-state index is 0. The zero-order valence-corrected chi connectivity index (χ0v) is 26.8. The SMILES string of the molecule is CC(C)C[S+]=P([O-])([O-])[S-].CC(C)C[S+]=P([O-])([O-])[S-].[Zn+2].[Zn+2].[Zn+2]. The third-order valence-electron chi connectivity index (χ3n) is 1.13. The van der Waals surface area contributed by atoms with Gasteiger partial charge >= 0.3 is 58.4 Å². The van der Waals surface area contributed by atoms with Crippen molar-refractivity contribution in [3.05, 3.63) is 0 Å². The fraction of sp³-hybridized carbons (Fsp3) is 1.00. The Morgan fingerprint density at radius 1 is 0.714 bits per heavy atom. The molecule has 0 aromatic carbocycles. The van der Waals surface area contributed by atoms with Gasteiger partial charge in [0.25, 0.3) is 0 Å². The van der Waals surface area contributed by atoms with Gasteiger partial charge in [0, 0.05) is 11.8 Å². The first kappa shape index (κ1) is 35.8. The molecule has 0 saturated carbocycles. The van der Waals surface area contributed by atoms with Crippen molar-refractivity contribution in [1.29, 1.82) is 0 Å². The maximum atomic E-state index is 10.3. The Bertz CT molecular complexity index is 285. The molecule has 0 aliphatic carbocycles. The molecule has 0 amide bonds. The molecule has 0 N–H and O–H groups in total. The summed E-state index contributed by atoms with van der Waals surface area (Å²) in [6.07, 6.45) is 0. The second-order valence-corrected chi connectivity index (χ2v) is 16.0. The van der Waals surface area contributed by atoms with Gasteiger partial charge < -0.3 is 44.1 Å². The van der Waals surface area contributed by atoms with E-state index in [1.54, 1.807) is 0 Å². The normalized spacial score (nSPS) is 10.5. The van der Waals surface area contributed by atoms with E-state index in [-0.39, 0.29) is 58.4 Å². The van der Waals surface area contributed by atoms with Crippen LogP contribution in [-0.2, 0) is 105 Å². The van der Waals surface area contributed by atoms with Gasteiger partial charge in [0.1, 0.15) is 0 Å². The molecule has 13 heteroatoms. The van der Waals surface area contributed by atoms with Crippen molar-refractivity contribution in [2.24, 2.45) is 11.8 Å². The molecule has 0 saturated heterocycles. The molecule has 0 aliphatic heterocycles. The van der Waals surface area contributed by atoms with Crippen LogP contribution < -0.4 is 19.6 Å². The molecule has 112 valence electrons. The molecular formula is C8H18O4P2S4Zn3+2. The molecule has 0 radical (unpaired) electrons. The predicted molar refractivity (Wildman–Crippen MR) is 82.7 cm³/mol. The van der Waals surface area contributed by atoms with E-state index in [0.29, 0.717) is 23.3 Å². The smallest absolute Gasteiger partial charge is 0.816 e. The van der Waals surface area contributed by atoms with E-state index in [9.17, 15) is 19.6 Å². The Morgan fingerprint density at radius 3 is 0.952 bits per heavy atom. The van der Waals surface area contributed by atoms with Crippen LogP contribution in [-0.4, -0.2) is 11.5 Å². The van der Waals surface area contributed by atoms with E-state index in [1.807, 2.05) is 27.7 Å². The zero-order valence-electron chi connectivity index (χ0n) is 12.9. The first-order chi connectivity index (χ1) is 7.83. The van der Waals surface area contributed by atoms with E-state index in [0.717, 1.165) is 21.9 Å². The third kappa shape index (κ3) is 45.3. The molecule has 0 bridgehead atoms. The fourth-order valence-corrected chi connectivity index (χ4v) is 5.42. The van der Waals surface area contributed by atoms with Crippen molar-refractivity contribution in [1.82, 2.24) is 0 Å². The summed E-state index contributed by atoms with van der Waals surface area (Å²) in [5, 5.41) is 0. The van der Waals surface area contributed by atoms with Crippen molar-refractivity contribution >= 4 is 57.8 Å². The van der Waals surface area contributed by atoms with Gasteiger partial charge in [0.05, 0.1) is 21.9 Å². The van der Waals surface area contributed by atoms with Crippen molar-refractivity contribution in [2.45, 2.75) is 27.7 Å². The van der Waals surface area contributed by atoms with Crippen LogP contribution in [0.3, 0.4) is 0 Å². The summed E-state index contributed by atoms with van der Waals surface area (Å²) < 4.78 is 0. The van der Waals surface area contributed by atoms with Gasteiger partial charge in [-0.25, -0.2) is 0 Å². The molecule has 0 heterocycles. The Hall–Kier alpha value is 3.71. The van der Waals surface area contributed by atoms with Crippen molar-refractivity contribution in [3.8, 4) is 0 Å². The molecule has 4 nitrogen and oxygen atoms in total. The third-order valence-corrected chi connectivity index (χ3v) is 8.09. The first-order valence-corrected chi connectivity index (χ1v) is 13.6. The van der Waals surface area contributed by atoms with Crippen LogP contribution in [0.25, 0.3) is 0 Å². The topological polar surface area (TPSA) is 92.2 Å². The first-order valence-electron chi connectivity index (χ1n) is 5.16. The van der Waals surface area contributed by atoms with Gasteiger partial charge in [0.2, 0.25) is 0 Å². The van der Waals surface area contributed by atoms with Crippen LogP contribution >= 0.6 is 11.4 Å². The second-order valence-electron chi connectivity index (χ2n) is 4.27. The van der Waals surface area contributed by atoms with Crippen molar-refractivity contribution in [2.75, 3.05) is 11.5 Å². The maximum Gasteiger partial charge on any atom is 2.00 e. The molecule has 0 atom stereocenters. The summed E-state index contributed by atoms with van der Waals surface area (Å²) in [6.45, 7) is 7.83. The Morgan fingerprint density at radius 2 is 0.905 bits per heavy atom. The zero-order chi connectivity index (χ0) is 15.0. The summed E-state index contributed by atoms with van der Waals surface area (Å²) >= 11 is 8.33. The molecule has 21 heavy (non-hydrogen) atoms. The van der Waals surface area contributed by atoms with E-state index < -0.39 is 11.4 Å². The predicted octanol–water partition coefficient (Wildman–Crippen LogP) is -0.667.